The van der Waals surface area contributed by atoms with Gasteiger partial charge in [0, 0.05) is 23.7 Å². The Morgan fingerprint density at radius 1 is 1.16 bits per heavy atom. The van der Waals surface area contributed by atoms with Gasteiger partial charge in [-0.05, 0) is 13.5 Å². The van der Waals surface area contributed by atoms with Crippen molar-refractivity contribution >= 4 is 0 Å². The van der Waals surface area contributed by atoms with Gasteiger partial charge in [-0.3, -0.25) is 0 Å². The Morgan fingerprint density at radius 3 is 2.26 bits per heavy atom. The Bertz CT molecular complexity index is 373. The summed E-state index contributed by atoms with van der Waals surface area (Å²) in [5.41, 5.74) is 0.111. The Morgan fingerprint density at radius 2 is 1.79 bits per heavy atom. The van der Waals surface area contributed by atoms with Crippen LogP contribution in [0.5, 0.6) is 5.75 Å². The number of nitrogens with one attached hydrogen (secondary N) is 1. The lowest BCUT2D eigenvalue weighted by Gasteiger charge is -2.18. The van der Waals surface area contributed by atoms with E-state index in [2.05, 4.69) is 12.2 Å². The predicted molar refractivity (Wildman–Crippen MR) is 73.5 cm³/mol. The molecule has 0 heterocycles. The van der Waals surface area contributed by atoms with Gasteiger partial charge in [-0.15, -0.1) is 0 Å². The van der Waals surface area contributed by atoms with Crippen molar-refractivity contribution < 1.29 is 13.5 Å². The second-order valence-electron chi connectivity index (χ2n) is 4.70. The van der Waals surface area contributed by atoms with Crippen molar-refractivity contribution in [3.05, 3.63) is 29.3 Å². The van der Waals surface area contributed by atoms with Gasteiger partial charge in [0.25, 0.3) is 0 Å². The first-order chi connectivity index (χ1) is 9.13. The lowest BCUT2D eigenvalue weighted by Crippen LogP contribution is -2.19. The van der Waals surface area contributed by atoms with Crippen molar-refractivity contribution in [3.8, 4) is 5.75 Å². The van der Waals surface area contributed by atoms with Crippen LogP contribution in [-0.2, 0) is 0 Å². The van der Waals surface area contributed by atoms with Crippen LogP contribution in [-0.4, -0.2) is 14.2 Å². The topological polar surface area (TPSA) is 21.3 Å². The van der Waals surface area contributed by atoms with Crippen molar-refractivity contribution in [2.75, 3.05) is 14.2 Å². The monoisotopic (exact) mass is 271 g/mol. The number of rotatable bonds is 8. The molecule has 0 fully saturated rings. The molecule has 0 bridgehead atoms. The average molecular weight is 271 g/mol. The molecule has 108 valence electrons. The minimum absolute atomic E-state index is 0.111. The molecule has 1 aromatic rings. The molecule has 4 heteroatoms. The van der Waals surface area contributed by atoms with Crippen LogP contribution in [0.2, 0.25) is 0 Å². The first kappa shape index (κ1) is 15.9. The zero-order valence-corrected chi connectivity index (χ0v) is 11.9. The second-order valence-corrected chi connectivity index (χ2v) is 4.70. The molecule has 19 heavy (non-hydrogen) atoms. The molecule has 0 saturated carbocycles. The Balaban J connectivity index is 2.80. The minimum Gasteiger partial charge on any atom is -0.497 e. The van der Waals surface area contributed by atoms with Gasteiger partial charge in [0.05, 0.1) is 7.11 Å². The summed E-state index contributed by atoms with van der Waals surface area (Å²) in [6.07, 6.45) is 5.09. The van der Waals surface area contributed by atoms with E-state index in [4.69, 9.17) is 4.74 Å². The fraction of sp³-hybridized carbons (Fsp3) is 0.600. The van der Waals surface area contributed by atoms with E-state index in [0.29, 0.717) is 0 Å². The van der Waals surface area contributed by atoms with Crippen LogP contribution >= 0.6 is 0 Å². The molecule has 0 aliphatic rings. The molecule has 0 saturated heterocycles. The molecule has 0 aromatic heterocycles. The molecule has 0 radical (unpaired) electrons. The van der Waals surface area contributed by atoms with Crippen LogP contribution in [0.1, 0.15) is 50.6 Å². The Kier molecular flexibility index (Phi) is 6.78. The van der Waals surface area contributed by atoms with E-state index >= 15 is 0 Å². The highest BCUT2D eigenvalue weighted by Gasteiger charge is 2.19. The molecule has 0 spiro atoms. The van der Waals surface area contributed by atoms with Crippen molar-refractivity contribution in [1.29, 1.82) is 0 Å². The molecule has 0 aliphatic carbocycles. The summed E-state index contributed by atoms with van der Waals surface area (Å²) in [5.74, 6) is -0.891. The molecular formula is C15H23F2NO. The van der Waals surface area contributed by atoms with E-state index in [1.807, 2.05) is 0 Å². The van der Waals surface area contributed by atoms with Crippen LogP contribution in [0.15, 0.2) is 12.1 Å². The summed E-state index contributed by atoms with van der Waals surface area (Å²) in [5, 5.41) is 2.99. The molecule has 1 N–H and O–H groups in total. The largest absolute Gasteiger partial charge is 0.497 e. The summed E-state index contributed by atoms with van der Waals surface area (Å²) < 4.78 is 32.8. The van der Waals surface area contributed by atoms with Crippen LogP contribution in [0.4, 0.5) is 8.78 Å². The van der Waals surface area contributed by atoms with Crippen molar-refractivity contribution in [2.45, 2.75) is 45.1 Å². The number of halogens is 2. The zero-order valence-electron chi connectivity index (χ0n) is 11.9. The molecule has 0 amide bonds. The van der Waals surface area contributed by atoms with E-state index < -0.39 is 11.6 Å². The molecule has 1 rings (SSSR count). The maximum absolute atomic E-state index is 14.0. The standard InChI is InChI=1S/C15H23F2NO/c1-4-5-6-7-8-14(18-2)15-12(16)9-11(19-3)10-13(15)17/h9-10,14,18H,4-8H2,1-3H3. The number of ether oxygens (including phenoxy) is 1. The van der Waals surface area contributed by atoms with Gasteiger partial charge in [0.15, 0.2) is 0 Å². The van der Waals surface area contributed by atoms with Gasteiger partial charge < -0.3 is 10.1 Å². The maximum atomic E-state index is 14.0. The fourth-order valence-corrected chi connectivity index (χ4v) is 2.22. The quantitative estimate of drug-likeness (QED) is 0.715. The molecule has 1 unspecified atom stereocenters. The minimum atomic E-state index is -0.549. The summed E-state index contributed by atoms with van der Waals surface area (Å²) >= 11 is 0. The van der Waals surface area contributed by atoms with Gasteiger partial charge in [-0.25, -0.2) is 8.78 Å². The van der Waals surface area contributed by atoms with Crippen molar-refractivity contribution in [2.24, 2.45) is 0 Å². The first-order valence-electron chi connectivity index (χ1n) is 6.84. The third-order valence-electron chi connectivity index (χ3n) is 3.33. The highest BCUT2D eigenvalue weighted by molar-refractivity contribution is 5.32. The third-order valence-corrected chi connectivity index (χ3v) is 3.33. The van der Waals surface area contributed by atoms with Crippen molar-refractivity contribution in [3.63, 3.8) is 0 Å². The Hall–Kier alpha value is -1.16. The molecule has 1 aromatic carbocycles. The van der Waals surface area contributed by atoms with E-state index in [0.717, 1.165) is 32.1 Å². The van der Waals surface area contributed by atoms with Gasteiger partial charge >= 0.3 is 0 Å². The van der Waals surface area contributed by atoms with Gasteiger partial charge in [-0.2, -0.15) is 0 Å². The van der Waals surface area contributed by atoms with Crippen molar-refractivity contribution in [1.82, 2.24) is 5.32 Å². The number of hydrogen-bond donors (Lipinski definition) is 1. The SMILES string of the molecule is CCCCCCC(NC)c1c(F)cc(OC)cc1F. The lowest BCUT2D eigenvalue weighted by molar-refractivity contribution is 0.399. The summed E-state index contributed by atoms with van der Waals surface area (Å²) in [4.78, 5) is 0. The highest BCUT2D eigenvalue weighted by atomic mass is 19.1. The van der Waals surface area contributed by atoms with Gasteiger partial charge in [-0.1, -0.05) is 32.6 Å². The van der Waals surface area contributed by atoms with Crippen LogP contribution < -0.4 is 10.1 Å². The lowest BCUT2D eigenvalue weighted by atomic mass is 9.99. The van der Waals surface area contributed by atoms with E-state index in [1.54, 1.807) is 7.05 Å². The summed E-state index contributed by atoms with van der Waals surface area (Å²) in [6.45, 7) is 2.14. The second kappa shape index (κ2) is 8.10. The Labute approximate surface area is 114 Å². The molecule has 1 atom stereocenters. The average Bonchev–Trinajstić information content (AvgIpc) is 2.40. The highest BCUT2D eigenvalue weighted by Crippen LogP contribution is 2.28. The van der Waals surface area contributed by atoms with Crippen LogP contribution in [0.3, 0.4) is 0 Å². The fourth-order valence-electron chi connectivity index (χ4n) is 2.22. The number of unbranched alkanes of at least 4 members (excludes halogenated alkanes) is 3. The molecule has 0 aliphatic heterocycles. The van der Waals surface area contributed by atoms with Crippen LogP contribution in [0.25, 0.3) is 0 Å². The molecule has 2 nitrogen and oxygen atoms in total. The van der Waals surface area contributed by atoms with E-state index in [1.165, 1.54) is 19.2 Å². The predicted octanol–water partition coefficient (Wildman–Crippen LogP) is 4.20. The smallest absolute Gasteiger partial charge is 0.134 e. The number of benzene rings is 1. The first-order valence-corrected chi connectivity index (χ1v) is 6.84. The summed E-state index contributed by atoms with van der Waals surface area (Å²) in [7, 11) is 3.13. The van der Waals surface area contributed by atoms with Gasteiger partial charge in [0.2, 0.25) is 0 Å². The maximum Gasteiger partial charge on any atom is 0.134 e. The van der Waals surface area contributed by atoms with Crippen LogP contribution in [0, 0.1) is 11.6 Å². The zero-order chi connectivity index (χ0) is 14.3. The number of hydrogen-bond acceptors (Lipinski definition) is 2. The van der Waals surface area contributed by atoms with Gasteiger partial charge in [0.1, 0.15) is 17.4 Å². The molecular weight excluding hydrogens is 248 g/mol. The normalized spacial score (nSPS) is 12.5. The summed E-state index contributed by atoms with van der Waals surface area (Å²) in [6, 6.07) is 2.17. The number of methoxy groups -OCH3 is 1. The van der Waals surface area contributed by atoms with E-state index in [-0.39, 0.29) is 17.4 Å². The van der Waals surface area contributed by atoms with E-state index in [9.17, 15) is 8.78 Å². The third kappa shape index (κ3) is 4.46.